The number of fused-ring (bicyclic) bond motifs is 1. The molecule has 0 saturated carbocycles. The summed E-state index contributed by atoms with van der Waals surface area (Å²) in [6.45, 7) is 15.1. The summed E-state index contributed by atoms with van der Waals surface area (Å²) >= 11 is 0. The van der Waals surface area contributed by atoms with Crippen LogP contribution in [0, 0.1) is 13.8 Å². The summed E-state index contributed by atoms with van der Waals surface area (Å²) < 4.78 is 7.76. The van der Waals surface area contributed by atoms with E-state index < -0.39 is 0 Å². The van der Waals surface area contributed by atoms with Gasteiger partial charge in [0.05, 0.1) is 11.1 Å². The third-order valence-corrected chi connectivity index (χ3v) is 7.64. The highest BCUT2D eigenvalue weighted by Gasteiger charge is 2.21. The van der Waals surface area contributed by atoms with Gasteiger partial charge in [-0.2, -0.15) is 0 Å². The molecule has 6 nitrogen and oxygen atoms in total. The lowest BCUT2D eigenvalue weighted by atomic mass is 10.0. The first kappa shape index (κ1) is 27.0. The van der Waals surface area contributed by atoms with E-state index in [4.69, 9.17) is 4.74 Å². The van der Waals surface area contributed by atoms with Crippen LogP contribution in [0.5, 0.6) is 0 Å². The first-order valence-corrected chi connectivity index (χ1v) is 13.4. The lowest BCUT2D eigenvalue weighted by Gasteiger charge is -2.35. The van der Waals surface area contributed by atoms with Gasteiger partial charge in [0.25, 0.3) is 0 Å². The molecule has 2 heterocycles. The van der Waals surface area contributed by atoms with Crippen molar-refractivity contribution in [3.05, 3.63) is 80.6 Å². The van der Waals surface area contributed by atoms with Crippen molar-refractivity contribution in [3.8, 4) is 0 Å². The Labute approximate surface area is 221 Å². The van der Waals surface area contributed by atoms with Gasteiger partial charge in [-0.1, -0.05) is 36.8 Å². The Kier molecular flexibility index (Phi) is 8.40. The first-order chi connectivity index (χ1) is 17.7. The van der Waals surface area contributed by atoms with Gasteiger partial charge < -0.3 is 24.4 Å². The molecule has 1 aromatic heterocycles. The number of hydrogen-bond acceptors (Lipinski definition) is 5. The Bertz CT molecular complexity index is 1330. The number of aryl methyl sites for hydroxylation is 2. The fourth-order valence-electron chi connectivity index (χ4n) is 4.99. The quantitative estimate of drug-likeness (QED) is 0.432. The minimum absolute atomic E-state index is 0.0572. The zero-order chi connectivity index (χ0) is 26.7. The maximum Gasteiger partial charge on any atom is 0.198 e. The van der Waals surface area contributed by atoms with Crippen molar-refractivity contribution < 1.29 is 4.74 Å². The molecule has 0 radical (unpaired) electrons. The smallest absolute Gasteiger partial charge is 0.198 e. The number of likely N-dealkylation sites (N-methyl/N-ethyl adjacent to an activating group) is 1. The van der Waals surface area contributed by atoms with E-state index in [-0.39, 0.29) is 11.7 Å². The van der Waals surface area contributed by atoms with Gasteiger partial charge in [-0.05, 0) is 70.0 Å². The van der Waals surface area contributed by atoms with Crippen LogP contribution in [0.25, 0.3) is 16.6 Å². The van der Waals surface area contributed by atoms with E-state index in [0.29, 0.717) is 12.1 Å². The van der Waals surface area contributed by atoms with Crippen LogP contribution >= 0.6 is 0 Å². The van der Waals surface area contributed by atoms with E-state index >= 15 is 0 Å². The summed E-state index contributed by atoms with van der Waals surface area (Å²) in [5.74, 6) is 0. The summed E-state index contributed by atoms with van der Waals surface area (Å²) in [6.07, 6.45) is 2.67. The van der Waals surface area contributed by atoms with Crippen molar-refractivity contribution in [1.82, 2.24) is 14.8 Å². The van der Waals surface area contributed by atoms with Crippen LogP contribution in [0.3, 0.4) is 0 Å². The molecule has 1 N–H and O–H groups in total. The van der Waals surface area contributed by atoms with Crippen molar-refractivity contribution in [2.75, 3.05) is 45.2 Å². The van der Waals surface area contributed by atoms with Gasteiger partial charge in [-0.3, -0.25) is 4.79 Å². The molecule has 2 aromatic carbocycles. The van der Waals surface area contributed by atoms with E-state index in [2.05, 4.69) is 90.8 Å². The standard InChI is InChI=1S/C31H42N4O2/c1-8-22(3)30(32-24(5)37-7)27-20-35(19-25-11-9-21(2)10-12-25)29-18-28(23(4)17-26(29)31(27)36)34-15-13-33(6)14-16-34/h9-12,17-18,20,24,32H,8,13-16,19H2,1-7H3. The van der Waals surface area contributed by atoms with Gasteiger partial charge >= 0.3 is 0 Å². The zero-order valence-electron chi connectivity index (χ0n) is 23.5. The minimum Gasteiger partial charge on any atom is -0.369 e. The molecule has 1 unspecified atom stereocenters. The molecule has 1 saturated heterocycles. The predicted octanol–water partition coefficient (Wildman–Crippen LogP) is 5.14. The molecule has 198 valence electrons. The SMILES string of the molecule is CCC(C)=C(NC(C)OC)c1cn(Cc2ccc(C)cc2)c2cc(N3CCN(C)CC3)c(C)cc2c1=O. The number of hydrogen-bond donors (Lipinski definition) is 1. The Morgan fingerprint density at radius 3 is 2.38 bits per heavy atom. The summed E-state index contributed by atoms with van der Waals surface area (Å²) in [5.41, 5.74) is 8.53. The fourth-order valence-corrected chi connectivity index (χ4v) is 4.99. The number of piperazine rings is 1. The maximum absolute atomic E-state index is 14.0. The molecule has 6 heteroatoms. The molecule has 1 fully saturated rings. The second kappa shape index (κ2) is 11.5. The van der Waals surface area contributed by atoms with Gasteiger partial charge in [-0.25, -0.2) is 0 Å². The van der Waals surface area contributed by atoms with Crippen LogP contribution in [0.15, 0.2) is 53.0 Å². The number of allylic oxidation sites excluding steroid dienone is 1. The van der Waals surface area contributed by atoms with Gasteiger partial charge in [0.2, 0.25) is 0 Å². The molecule has 3 aromatic rings. The molecule has 4 rings (SSSR count). The van der Waals surface area contributed by atoms with Gasteiger partial charge in [0, 0.05) is 62.8 Å². The molecule has 0 bridgehead atoms. The van der Waals surface area contributed by atoms with Crippen molar-refractivity contribution in [3.63, 3.8) is 0 Å². The molecule has 1 aliphatic rings. The third-order valence-electron chi connectivity index (χ3n) is 7.64. The number of benzene rings is 2. The van der Waals surface area contributed by atoms with E-state index in [1.807, 2.05) is 13.1 Å². The summed E-state index contributed by atoms with van der Waals surface area (Å²) in [7, 11) is 3.85. The van der Waals surface area contributed by atoms with Crippen molar-refractivity contribution in [2.45, 2.75) is 53.8 Å². The predicted molar refractivity (Wildman–Crippen MR) is 155 cm³/mol. The van der Waals surface area contributed by atoms with Crippen molar-refractivity contribution in [1.29, 1.82) is 0 Å². The number of methoxy groups -OCH3 is 1. The largest absolute Gasteiger partial charge is 0.369 e. The topological polar surface area (TPSA) is 49.7 Å². The highest BCUT2D eigenvalue weighted by atomic mass is 16.5. The van der Waals surface area contributed by atoms with Gasteiger partial charge in [0.15, 0.2) is 5.43 Å². The normalized spacial score (nSPS) is 16.1. The zero-order valence-corrected chi connectivity index (χ0v) is 23.5. The molecule has 1 aliphatic heterocycles. The summed E-state index contributed by atoms with van der Waals surface area (Å²) in [5, 5.41) is 4.21. The van der Waals surface area contributed by atoms with Crippen LogP contribution < -0.4 is 15.6 Å². The van der Waals surface area contributed by atoms with E-state index in [1.54, 1.807) is 7.11 Å². The molecule has 1 atom stereocenters. The Hall–Kier alpha value is -3.09. The molecular formula is C31H42N4O2. The molecular weight excluding hydrogens is 460 g/mol. The van der Waals surface area contributed by atoms with Gasteiger partial charge in [-0.15, -0.1) is 0 Å². The van der Waals surface area contributed by atoms with Crippen LogP contribution in [-0.2, 0) is 11.3 Å². The Morgan fingerprint density at radius 2 is 1.76 bits per heavy atom. The lowest BCUT2D eigenvalue weighted by Crippen LogP contribution is -2.44. The van der Waals surface area contributed by atoms with E-state index in [1.165, 1.54) is 16.8 Å². The highest BCUT2D eigenvalue weighted by molar-refractivity contribution is 5.87. The second-order valence-electron chi connectivity index (χ2n) is 10.5. The number of nitrogens with zero attached hydrogens (tertiary/aromatic N) is 3. The Balaban J connectivity index is 1.93. The second-order valence-corrected chi connectivity index (χ2v) is 10.5. The average Bonchev–Trinajstić information content (AvgIpc) is 2.90. The molecule has 37 heavy (non-hydrogen) atoms. The van der Waals surface area contributed by atoms with Crippen LogP contribution in [0.4, 0.5) is 5.69 Å². The fraction of sp³-hybridized carbons (Fsp3) is 0.452. The number of rotatable bonds is 8. The number of anilines is 1. The Morgan fingerprint density at radius 1 is 1.08 bits per heavy atom. The maximum atomic E-state index is 14.0. The average molecular weight is 503 g/mol. The number of aromatic nitrogens is 1. The highest BCUT2D eigenvalue weighted by Crippen LogP contribution is 2.29. The van der Waals surface area contributed by atoms with Crippen molar-refractivity contribution >= 4 is 22.3 Å². The minimum atomic E-state index is -0.210. The van der Waals surface area contributed by atoms with Crippen LogP contribution in [-0.4, -0.2) is 56.0 Å². The van der Waals surface area contributed by atoms with Crippen LogP contribution in [0.2, 0.25) is 0 Å². The first-order valence-electron chi connectivity index (χ1n) is 13.4. The monoisotopic (exact) mass is 502 g/mol. The number of pyridine rings is 1. The molecule has 0 spiro atoms. The summed E-state index contributed by atoms with van der Waals surface area (Å²) in [4.78, 5) is 18.9. The summed E-state index contributed by atoms with van der Waals surface area (Å²) in [6, 6.07) is 13.0. The molecule has 0 aliphatic carbocycles. The number of ether oxygens (including phenoxy) is 1. The van der Waals surface area contributed by atoms with Crippen molar-refractivity contribution in [2.24, 2.45) is 0 Å². The number of nitrogens with one attached hydrogen (secondary N) is 1. The van der Waals surface area contributed by atoms with Crippen LogP contribution in [0.1, 0.15) is 49.4 Å². The van der Waals surface area contributed by atoms with Gasteiger partial charge in [0.1, 0.15) is 6.23 Å². The van der Waals surface area contributed by atoms with E-state index in [9.17, 15) is 4.79 Å². The lowest BCUT2D eigenvalue weighted by molar-refractivity contribution is 0.104. The van der Waals surface area contributed by atoms with E-state index in [0.717, 1.165) is 60.3 Å². The molecule has 0 amide bonds. The third kappa shape index (κ3) is 5.91.